The molecule has 0 amide bonds. The van der Waals surface area contributed by atoms with Crippen molar-refractivity contribution in [3.05, 3.63) is 65.4 Å². The summed E-state index contributed by atoms with van der Waals surface area (Å²) >= 11 is 3.61. The highest BCUT2D eigenvalue weighted by Crippen LogP contribution is 2.35. The van der Waals surface area contributed by atoms with E-state index in [2.05, 4.69) is 38.1 Å². The van der Waals surface area contributed by atoms with Gasteiger partial charge in [0.05, 0.1) is 10.7 Å². The van der Waals surface area contributed by atoms with Gasteiger partial charge in [0.2, 0.25) is 5.88 Å². The molecule has 4 nitrogen and oxygen atoms in total. The molecule has 21 heavy (non-hydrogen) atoms. The van der Waals surface area contributed by atoms with Gasteiger partial charge in [0.15, 0.2) is 5.65 Å². The van der Waals surface area contributed by atoms with Crippen LogP contribution < -0.4 is 4.74 Å². The van der Waals surface area contributed by atoms with Crippen LogP contribution in [0, 0.1) is 0 Å². The van der Waals surface area contributed by atoms with Crippen LogP contribution >= 0.6 is 15.9 Å². The number of aromatic nitrogens is 3. The van der Waals surface area contributed by atoms with Crippen LogP contribution in [-0.2, 0) is 0 Å². The van der Waals surface area contributed by atoms with Gasteiger partial charge in [-0.05, 0) is 32.8 Å². The number of nitrogens with zero attached hydrogens (tertiary/aromatic N) is 3. The molecule has 0 aliphatic carbocycles. The first-order valence-corrected chi connectivity index (χ1v) is 7.26. The van der Waals surface area contributed by atoms with Gasteiger partial charge in [-0.3, -0.25) is 0 Å². The Hall–Kier alpha value is -2.40. The maximum Gasteiger partial charge on any atom is 0.222 e. The zero-order valence-corrected chi connectivity index (χ0v) is 12.5. The van der Waals surface area contributed by atoms with Gasteiger partial charge < -0.3 is 4.74 Å². The Labute approximate surface area is 129 Å². The quantitative estimate of drug-likeness (QED) is 0.542. The largest absolute Gasteiger partial charge is 0.438 e. The molecule has 0 saturated carbocycles. The summed E-state index contributed by atoms with van der Waals surface area (Å²) in [5.74, 6) is 1.28. The lowest BCUT2D eigenvalue weighted by atomic mass is 10.1. The van der Waals surface area contributed by atoms with E-state index >= 15 is 0 Å². The van der Waals surface area contributed by atoms with Gasteiger partial charge in [-0.15, -0.1) is 0 Å². The molecule has 0 fully saturated rings. The minimum atomic E-state index is 0.541. The Bertz CT molecular complexity index is 948. The molecule has 0 unspecified atom stereocenters. The van der Waals surface area contributed by atoms with E-state index in [0.717, 1.165) is 26.6 Å². The van der Waals surface area contributed by atoms with Crippen molar-refractivity contribution < 1.29 is 4.74 Å². The molecule has 0 saturated heterocycles. The molecule has 2 aromatic heterocycles. The van der Waals surface area contributed by atoms with E-state index in [1.165, 1.54) is 0 Å². The topological polar surface area (TPSA) is 39.4 Å². The van der Waals surface area contributed by atoms with Crippen molar-refractivity contribution in [2.45, 2.75) is 0 Å². The van der Waals surface area contributed by atoms with Crippen LogP contribution in [0.3, 0.4) is 0 Å². The second-order valence-corrected chi connectivity index (χ2v) is 5.39. The summed E-state index contributed by atoms with van der Waals surface area (Å²) < 4.78 is 8.52. The van der Waals surface area contributed by atoms with E-state index in [1.54, 1.807) is 16.8 Å². The molecule has 0 spiro atoms. The molecule has 0 aliphatic rings. The SMILES string of the molecule is Brc1c(Oc2ccn3nccc3n2)ccc2ccccc12. The summed E-state index contributed by atoms with van der Waals surface area (Å²) in [7, 11) is 0. The molecule has 0 radical (unpaired) electrons. The van der Waals surface area contributed by atoms with Gasteiger partial charge in [0.1, 0.15) is 5.75 Å². The van der Waals surface area contributed by atoms with Gasteiger partial charge in [0.25, 0.3) is 0 Å². The van der Waals surface area contributed by atoms with Crippen molar-refractivity contribution in [2.75, 3.05) is 0 Å². The molecule has 0 N–H and O–H groups in total. The van der Waals surface area contributed by atoms with Crippen molar-refractivity contribution in [1.82, 2.24) is 14.6 Å². The minimum Gasteiger partial charge on any atom is -0.438 e. The Kier molecular flexibility index (Phi) is 2.86. The predicted molar refractivity (Wildman–Crippen MR) is 84.7 cm³/mol. The van der Waals surface area contributed by atoms with Crippen LogP contribution in [0.4, 0.5) is 0 Å². The Balaban J connectivity index is 1.77. The van der Waals surface area contributed by atoms with Crippen LogP contribution in [0.5, 0.6) is 11.6 Å². The summed E-state index contributed by atoms with van der Waals surface area (Å²) in [6, 6.07) is 15.8. The normalized spacial score (nSPS) is 11.1. The van der Waals surface area contributed by atoms with E-state index in [9.17, 15) is 0 Å². The monoisotopic (exact) mass is 339 g/mol. The lowest BCUT2D eigenvalue weighted by Crippen LogP contribution is -1.93. The molecule has 0 bridgehead atoms. The zero-order valence-electron chi connectivity index (χ0n) is 10.9. The van der Waals surface area contributed by atoms with Gasteiger partial charge in [-0.1, -0.05) is 30.3 Å². The molecule has 4 aromatic rings. The second-order valence-electron chi connectivity index (χ2n) is 4.60. The maximum absolute atomic E-state index is 5.90. The third kappa shape index (κ3) is 2.15. The maximum atomic E-state index is 5.90. The number of benzene rings is 2. The summed E-state index contributed by atoms with van der Waals surface area (Å²) in [4.78, 5) is 4.41. The highest BCUT2D eigenvalue weighted by atomic mass is 79.9. The third-order valence-electron chi connectivity index (χ3n) is 3.27. The molecule has 5 heteroatoms. The third-order valence-corrected chi connectivity index (χ3v) is 4.09. The lowest BCUT2D eigenvalue weighted by Gasteiger charge is -2.09. The molecule has 2 heterocycles. The van der Waals surface area contributed by atoms with Crippen molar-refractivity contribution in [3.63, 3.8) is 0 Å². The van der Waals surface area contributed by atoms with Gasteiger partial charge >= 0.3 is 0 Å². The lowest BCUT2D eigenvalue weighted by molar-refractivity contribution is 0.461. The van der Waals surface area contributed by atoms with E-state index in [-0.39, 0.29) is 0 Å². The van der Waals surface area contributed by atoms with Crippen molar-refractivity contribution >= 4 is 32.3 Å². The van der Waals surface area contributed by atoms with Crippen molar-refractivity contribution in [3.8, 4) is 11.6 Å². The average molecular weight is 340 g/mol. The van der Waals surface area contributed by atoms with Gasteiger partial charge in [-0.25, -0.2) is 4.52 Å². The smallest absolute Gasteiger partial charge is 0.222 e. The van der Waals surface area contributed by atoms with Crippen molar-refractivity contribution in [1.29, 1.82) is 0 Å². The van der Waals surface area contributed by atoms with E-state index in [4.69, 9.17) is 4.74 Å². The minimum absolute atomic E-state index is 0.541. The summed E-state index contributed by atoms with van der Waals surface area (Å²) in [5, 5.41) is 6.39. The van der Waals surface area contributed by atoms with E-state index in [1.807, 2.05) is 36.5 Å². The fourth-order valence-electron chi connectivity index (χ4n) is 2.26. The zero-order chi connectivity index (χ0) is 14.2. The number of ether oxygens (including phenoxy) is 1. The number of rotatable bonds is 2. The number of halogens is 1. The predicted octanol–water partition coefficient (Wildman–Crippen LogP) is 4.44. The molecular formula is C16H10BrN3O. The van der Waals surface area contributed by atoms with Crippen LogP contribution in [0.25, 0.3) is 16.4 Å². The molecule has 0 atom stereocenters. The average Bonchev–Trinajstić information content (AvgIpc) is 2.98. The Morgan fingerprint density at radius 2 is 1.90 bits per heavy atom. The summed E-state index contributed by atoms with van der Waals surface area (Å²) in [5.41, 5.74) is 0.754. The van der Waals surface area contributed by atoms with Crippen LogP contribution in [0.1, 0.15) is 0 Å². The first-order chi connectivity index (χ1) is 10.3. The van der Waals surface area contributed by atoms with Crippen LogP contribution in [0.15, 0.2) is 65.4 Å². The Morgan fingerprint density at radius 3 is 2.86 bits per heavy atom. The van der Waals surface area contributed by atoms with E-state index in [0.29, 0.717) is 5.88 Å². The molecular weight excluding hydrogens is 330 g/mol. The standard InChI is InChI=1S/C16H10BrN3O/c17-16-12-4-2-1-3-11(12)5-6-13(16)21-15-8-10-20-14(19-15)7-9-18-20/h1-10H. The molecule has 102 valence electrons. The van der Waals surface area contributed by atoms with Crippen molar-refractivity contribution in [2.24, 2.45) is 0 Å². The summed E-state index contributed by atoms with van der Waals surface area (Å²) in [6.07, 6.45) is 3.53. The summed E-state index contributed by atoms with van der Waals surface area (Å²) in [6.45, 7) is 0. The number of fused-ring (bicyclic) bond motifs is 2. The second kappa shape index (κ2) is 4.86. The Morgan fingerprint density at radius 1 is 1.00 bits per heavy atom. The molecule has 2 aromatic carbocycles. The fourth-order valence-corrected chi connectivity index (χ4v) is 2.83. The van der Waals surface area contributed by atoms with Crippen LogP contribution in [0.2, 0.25) is 0 Å². The first kappa shape index (κ1) is 12.3. The van der Waals surface area contributed by atoms with Gasteiger partial charge in [0, 0.05) is 18.3 Å². The molecule has 0 aliphatic heterocycles. The first-order valence-electron chi connectivity index (χ1n) is 6.47. The number of hydrogen-bond donors (Lipinski definition) is 0. The highest BCUT2D eigenvalue weighted by Gasteiger charge is 2.08. The highest BCUT2D eigenvalue weighted by molar-refractivity contribution is 9.10. The van der Waals surface area contributed by atoms with Crippen LogP contribution in [-0.4, -0.2) is 14.6 Å². The fraction of sp³-hybridized carbons (Fsp3) is 0. The van der Waals surface area contributed by atoms with Gasteiger partial charge in [-0.2, -0.15) is 10.1 Å². The van der Waals surface area contributed by atoms with E-state index < -0.39 is 0 Å². The molecule has 4 rings (SSSR count). The number of hydrogen-bond acceptors (Lipinski definition) is 3.